The molecule has 0 radical (unpaired) electrons. The molecule has 1 amide bonds. The number of carbonyl (C=O) groups is 1. The number of aromatic nitrogens is 3. The van der Waals surface area contributed by atoms with Gasteiger partial charge in [-0.15, -0.1) is 0 Å². The van der Waals surface area contributed by atoms with E-state index in [0.29, 0.717) is 38.0 Å². The van der Waals surface area contributed by atoms with Gasteiger partial charge in [0.05, 0.1) is 0 Å². The topological polar surface area (TPSA) is 96.2 Å². The SMILES string of the molecule is O=C(NCc1cccnc1)C1CN(c2nc(-c3ccccc3)no2)CCN1. The van der Waals surface area contributed by atoms with Crippen molar-refractivity contribution >= 4 is 11.9 Å². The molecular weight excluding hydrogens is 344 g/mol. The summed E-state index contributed by atoms with van der Waals surface area (Å²) in [4.78, 5) is 22.9. The summed E-state index contributed by atoms with van der Waals surface area (Å²) in [5, 5.41) is 10.2. The summed E-state index contributed by atoms with van der Waals surface area (Å²) in [7, 11) is 0. The first-order valence-corrected chi connectivity index (χ1v) is 8.84. The Morgan fingerprint density at radius 3 is 2.96 bits per heavy atom. The molecule has 2 N–H and O–H groups in total. The fourth-order valence-corrected chi connectivity index (χ4v) is 2.96. The third kappa shape index (κ3) is 4.12. The normalized spacial score (nSPS) is 16.9. The Labute approximate surface area is 156 Å². The minimum Gasteiger partial charge on any atom is -0.351 e. The molecule has 0 aliphatic carbocycles. The van der Waals surface area contributed by atoms with Crippen molar-refractivity contribution < 1.29 is 9.32 Å². The van der Waals surface area contributed by atoms with Crippen molar-refractivity contribution in [3.05, 3.63) is 60.4 Å². The summed E-state index contributed by atoms with van der Waals surface area (Å²) in [5.74, 6) is 0.480. The molecule has 1 aliphatic heterocycles. The maximum atomic E-state index is 12.5. The molecule has 1 fully saturated rings. The Balaban J connectivity index is 1.38. The summed E-state index contributed by atoms with van der Waals surface area (Å²) >= 11 is 0. The zero-order chi connectivity index (χ0) is 18.5. The van der Waals surface area contributed by atoms with E-state index in [2.05, 4.69) is 25.8 Å². The van der Waals surface area contributed by atoms with Crippen molar-refractivity contribution in [1.82, 2.24) is 25.8 Å². The van der Waals surface area contributed by atoms with E-state index in [1.165, 1.54) is 0 Å². The van der Waals surface area contributed by atoms with Crippen LogP contribution in [0.2, 0.25) is 0 Å². The summed E-state index contributed by atoms with van der Waals surface area (Å²) in [6.07, 6.45) is 3.45. The number of carbonyl (C=O) groups excluding carboxylic acids is 1. The molecule has 0 bridgehead atoms. The van der Waals surface area contributed by atoms with Gasteiger partial charge in [-0.25, -0.2) is 0 Å². The predicted molar refractivity (Wildman–Crippen MR) is 99.8 cm³/mol. The van der Waals surface area contributed by atoms with Crippen LogP contribution in [-0.2, 0) is 11.3 Å². The van der Waals surface area contributed by atoms with E-state index < -0.39 is 0 Å². The molecule has 1 aromatic carbocycles. The van der Waals surface area contributed by atoms with Gasteiger partial charge in [-0.1, -0.05) is 41.6 Å². The van der Waals surface area contributed by atoms with Crippen LogP contribution in [0.3, 0.4) is 0 Å². The third-order valence-electron chi connectivity index (χ3n) is 4.40. The second kappa shape index (κ2) is 7.96. The molecule has 1 atom stereocenters. The van der Waals surface area contributed by atoms with Crippen LogP contribution in [0.1, 0.15) is 5.56 Å². The maximum Gasteiger partial charge on any atom is 0.324 e. The number of hydrogen-bond donors (Lipinski definition) is 2. The lowest BCUT2D eigenvalue weighted by atomic mass is 10.2. The van der Waals surface area contributed by atoms with Gasteiger partial charge >= 0.3 is 6.01 Å². The second-order valence-corrected chi connectivity index (χ2v) is 6.30. The van der Waals surface area contributed by atoms with Crippen molar-refractivity contribution in [3.8, 4) is 11.4 Å². The lowest BCUT2D eigenvalue weighted by Crippen LogP contribution is -2.57. The fourth-order valence-electron chi connectivity index (χ4n) is 2.96. The number of pyridine rings is 1. The van der Waals surface area contributed by atoms with Crippen LogP contribution < -0.4 is 15.5 Å². The first kappa shape index (κ1) is 17.2. The van der Waals surface area contributed by atoms with Gasteiger partial charge < -0.3 is 20.1 Å². The molecule has 3 heterocycles. The average Bonchev–Trinajstić information content (AvgIpc) is 3.24. The Morgan fingerprint density at radius 1 is 1.26 bits per heavy atom. The minimum absolute atomic E-state index is 0.0636. The minimum atomic E-state index is -0.345. The van der Waals surface area contributed by atoms with Gasteiger partial charge in [0.15, 0.2) is 0 Å². The number of rotatable bonds is 5. The van der Waals surface area contributed by atoms with Crippen LogP contribution in [0.4, 0.5) is 6.01 Å². The summed E-state index contributed by atoms with van der Waals surface area (Å²) in [5.41, 5.74) is 1.86. The van der Waals surface area contributed by atoms with Crippen molar-refractivity contribution in [2.75, 3.05) is 24.5 Å². The lowest BCUT2D eigenvalue weighted by molar-refractivity contribution is -0.123. The molecule has 27 heavy (non-hydrogen) atoms. The van der Waals surface area contributed by atoms with Crippen molar-refractivity contribution in [2.24, 2.45) is 0 Å². The van der Waals surface area contributed by atoms with E-state index in [4.69, 9.17) is 4.52 Å². The van der Waals surface area contributed by atoms with Crippen LogP contribution in [-0.4, -0.2) is 46.7 Å². The highest BCUT2D eigenvalue weighted by Gasteiger charge is 2.28. The van der Waals surface area contributed by atoms with E-state index in [9.17, 15) is 4.79 Å². The number of piperazine rings is 1. The van der Waals surface area contributed by atoms with Crippen molar-refractivity contribution in [3.63, 3.8) is 0 Å². The van der Waals surface area contributed by atoms with Crippen molar-refractivity contribution in [1.29, 1.82) is 0 Å². The van der Waals surface area contributed by atoms with E-state index in [0.717, 1.165) is 11.1 Å². The van der Waals surface area contributed by atoms with Crippen LogP contribution in [0.15, 0.2) is 59.4 Å². The van der Waals surface area contributed by atoms with Gasteiger partial charge in [-0.3, -0.25) is 9.78 Å². The summed E-state index contributed by atoms with van der Waals surface area (Å²) in [6.45, 7) is 2.27. The molecule has 8 heteroatoms. The quantitative estimate of drug-likeness (QED) is 0.703. The molecule has 138 valence electrons. The van der Waals surface area contributed by atoms with Gasteiger partial charge in [0.2, 0.25) is 11.7 Å². The lowest BCUT2D eigenvalue weighted by Gasteiger charge is -2.31. The fraction of sp³-hybridized carbons (Fsp3) is 0.263. The van der Waals surface area contributed by atoms with Crippen LogP contribution in [0.25, 0.3) is 11.4 Å². The first-order valence-electron chi connectivity index (χ1n) is 8.84. The molecule has 8 nitrogen and oxygen atoms in total. The monoisotopic (exact) mass is 364 g/mol. The van der Waals surface area contributed by atoms with Gasteiger partial charge in [0, 0.05) is 44.1 Å². The first-order chi connectivity index (χ1) is 13.3. The molecule has 4 rings (SSSR count). The largest absolute Gasteiger partial charge is 0.351 e. The molecule has 3 aromatic rings. The second-order valence-electron chi connectivity index (χ2n) is 6.30. The van der Waals surface area contributed by atoms with Gasteiger partial charge in [-0.2, -0.15) is 4.98 Å². The Bertz CT molecular complexity index is 883. The number of nitrogens with one attached hydrogen (secondary N) is 2. The van der Waals surface area contributed by atoms with Gasteiger partial charge in [0.25, 0.3) is 0 Å². The van der Waals surface area contributed by atoms with Crippen LogP contribution in [0, 0.1) is 0 Å². The highest BCUT2D eigenvalue weighted by Crippen LogP contribution is 2.20. The van der Waals surface area contributed by atoms with E-state index >= 15 is 0 Å². The molecule has 1 unspecified atom stereocenters. The average molecular weight is 364 g/mol. The predicted octanol–water partition coefficient (Wildman–Crippen LogP) is 1.23. The molecule has 0 saturated carbocycles. The number of amides is 1. The number of nitrogens with zero attached hydrogens (tertiary/aromatic N) is 4. The van der Waals surface area contributed by atoms with Gasteiger partial charge in [0.1, 0.15) is 6.04 Å². The van der Waals surface area contributed by atoms with E-state index in [-0.39, 0.29) is 11.9 Å². The maximum absolute atomic E-state index is 12.5. The molecule has 1 aliphatic rings. The zero-order valence-electron chi connectivity index (χ0n) is 14.7. The molecular formula is C19H20N6O2. The smallest absolute Gasteiger partial charge is 0.324 e. The summed E-state index contributed by atoms with van der Waals surface area (Å²) < 4.78 is 5.41. The highest BCUT2D eigenvalue weighted by atomic mass is 16.5. The molecule has 2 aromatic heterocycles. The van der Waals surface area contributed by atoms with Crippen LogP contribution >= 0.6 is 0 Å². The Hall–Kier alpha value is -3.26. The zero-order valence-corrected chi connectivity index (χ0v) is 14.7. The van der Waals surface area contributed by atoms with E-state index in [1.807, 2.05) is 47.4 Å². The third-order valence-corrected chi connectivity index (χ3v) is 4.40. The van der Waals surface area contributed by atoms with E-state index in [1.54, 1.807) is 12.4 Å². The standard InChI is InChI=1S/C19H20N6O2/c26-18(22-12-14-5-4-8-20-11-14)16-13-25(10-9-21-16)19-23-17(24-27-19)15-6-2-1-3-7-15/h1-8,11,16,21H,9-10,12-13H2,(H,22,26). The number of hydrogen-bond acceptors (Lipinski definition) is 7. The Kier molecular flexibility index (Phi) is 5.06. The number of benzene rings is 1. The Morgan fingerprint density at radius 2 is 2.15 bits per heavy atom. The number of anilines is 1. The summed E-state index contributed by atoms with van der Waals surface area (Å²) in [6, 6.07) is 13.5. The molecule has 1 saturated heterocycles. The van der Waals surface area contributed by atoms with Crippen LogP contribution in [0.5, 0.6) is 0 Å². The van der Waals surface area contributed by atoms with Gasteiger partial charge in [-0.05, 0) is 11.6 Å². The van der Waals surface area contributed by atoms with Crippen molar-refractivity contribution in [2.45, 2.75) is 12.6 Å². The highest BCUT2D eigenvalue weighted by molar-refractivity contribution is 5.82. The molecule has 0 spiro atoms.